The first-order valence-electron chi connectivity index (χ1n) is 6.69. The molecule has 0 fully saturated rings. The molecule has 0 saturated heterocycles. The Morgan fingerprint density at radius 1 is 1.23 bits per heavy atom. The maximum absolute atomic E-state index is 11.7. The predicted molar refractivity (Wildman–Crippen MR) is 85.2 cm³/mol. The molecule has 0 aliphatic heterocycles. The second-order valence-corrected chi connectivity index (χ2v) is 5.07. The van der Waals surface area contributed by atoms with Gasteiger partial charge in [0.2, 0.25) is 0 Å². The number of hydrogen-bond acceptors (Lipinski definition) is 3. The van der Waals surface area contributed by atoms with Crippen molar-refractivity contribution in [3.8, 4) is 0 Å². The maximum atomic E-state index is 11.7. The highest BCUT2D eigenvalue weighted by Crippen LogP contribution is 2.19. The number of pyridine rings is 1. The van der Waals surface area contributed by atoms with Crippen molar-refractivity contribution in [2.24, 2.45) is 0 Å². The summed E-state index contributed by atoms with van der Waals surface area (Å²) in [5, 5.41) is 15.4. The van der Waals surface area contributed by atoms with E-state index in [1.165, 1.54) is 10.6 Å². The Hall–Kier alpha value is -2.31. The van der Waals surface area contributed by atoms with Gasteiger partial charge in [-0.15, -0.1) is 0 Å². The number of carbonyl (C=O) groups is 1. The summed E-state index contributed by atoms with van der Waals surface area (Å²) in [6.45, 7) is 0.115. The fraction of sp³-hybridized carbons (Fsp3) is 0.200. The summed E-state index contributed by atoms with van der Waals surface area (Å²) in [4.78, 5) is 23.2. The van der Waals surface area contributed by atoms with E-state index >= 15 is 0 Å². The van der Waals surface area contributed by atoms with Gasteiger partial charge in [-0.1, -0.05) is 29.8 Å². The normalized spacial score (nSPS) is 11.7. The van der Waals surface area contributed by atoms with Gasteiger partial charge in [-0.25, -0.2) is 4.79 Å². The Labute approximate surface area is 132 Å². The van der Waals surface area contributed by atoms with Crippen LogP contribution >= 0.6 is 11.6 Å². The van der Waals surface area contributed by atoms with E-state index < -0.39 is 12.1 Å². The Bertz CT molecular complexity index is 702. The molecule has 0 spiro atoms. The molecule has 3 N–H and O–H groups in total. The van der Waals surface area contributed by atoms with E-state index in [1.54, 1.807) is 42.6 Å². The van der Waals surface area contributed by atoms with Crippen molar-refractivity contribution >= 4 is 23.3 Å². The Morgan fingerprint density at radius 3 is 2.68 bits per heavy atom. The molecular formula is C15H16ClN3O3. The zero-order chi connectivity index (χ0) is 15.9. The fourth-order valence-corrected chi connectivity index (χ4v) is 2.03. The Morgan fingerprint density at radius 2 is 1.95 bits per heavy atom. The molecule has 1 unspecified atom stereocenters. The molecule has 2 aromatic rings. The molecular weight excluding hydrogens is 306 g/mol. The number of nitrogens with one attached hydrogen (secondary N) is 2. The van der Waals surface area contributed by atoms with Crippen LogP contribution in [0.2, 0.25) is 5.02 Å². The molecule has 1 aromatic carbocycles. The van der Waals surface area contributed by atoms with Gasteiger partial charge in [0.15, 0.2) is 0 Å². The van der Waals surface area contributed by atoms with E-state index in [9.17, 15) is 14.7 Å². The van der Waals surface area contributed by atoms with Crippen LogP contribution in [0.3, 0.4) is 0 Å². The van der Waals surface area contributed by atoms with Gasteiger partial charge in [0.25, 0.3) is 5.56 Å². The molecule has 7 heteroatoms. The number of halogens is 1. The lowest BCUT2D eigenvalue weighted by atomic mass is 10.3. The number of urea groups is 1. The molecule has 2 amide bonds. The first-order valence-corrected chi connectivity index (χ1v) is 7.07. The second kappa shape index (κ2) is 7.63. The monoisotopic (exact) mass is 321 g/mol. The SMILES string of the molecule is O=C(NCC(O)Cn1ccccc1=O)Nc1ccccc1Cl. The van der Waals surface area contributed by atoms with Crippen molar-refractivity contribution in [2.75, 3.05) is 11.9 Å². The van der Waals surface area contributed by atoms with E-state index in [1.807, 2.05) is 0 Å². The van der Waals surface area contributed by atoms with Gasteiger partial charge in [-0.05, 0) is 18.2 Å². The van der Waals surface area contributed by atoms with Gasteiger partial charge in [0.1, 0.15) is 0 Å². The third-order valence-electron chi connectivity index (χ3n) is 2.93. The summed E-state index contributed by atoms with van der Waals surface area (Å²) in [5.74, 6) is 0. The summed E-state index contributed by atoms with van der Waals surface area (Å²) in [6.07, 6.45) is 0.701. The van der Waals surface area contributed by atoms with Crippen LogP contribution in [-0.2, 0) is 6.54 Å². The first-order chi connectivity index (χ1) is 10.6. The van der Waals surface area contributed by atoms with Crippen LogP contribution in [0, 0.1) is 0 Å². The summed E-state index contributed by atoms with van der Waals surface area (Å²) >= 11 is 5.93. The number of nitrogens with zero attached hydrogens (tertiary/aromatic N) is 1. The highest BCUT2D eigenvalue weighted by atomic mass is 35.5. The lowest BCUT2D eigenvalue weighted by Gasteiger charge is -2.14. The summed E-state index contributed by atoms with van der Waals surface area (Å²) in [5.41, 5.74) is 0.275. The van der Waals surface area contributed by atoms with Crippen LogP contribution in [0.15, 0.2) is 53.5 Å². The molecule has 1 aromatic heterocycles. The molecule has 22 heavy (non-hydrogen) atoms. The molecule has 0 aliphatic carbocycles. The van der Waals surface area contributed by atoms with E-state index in [0.717, 1.165) is 0 Å². The van der Waals surface area contributed by atoms with Gasteiger partial charge in [0.05, 0.1) is 23.4 Å². The molecule has 2 rings (SSSR count). The topological polar surface area (TPSA) is 83.4 Å². The van der Waals surface area contributed by atoms with Crippen LogP contribution in [0.5, 0.6) is 0 Å². The average Bonchev–Trinajstić information content (AvgIpc) is 2.50. The number of rotatable bonds is 5. The molecule has 0 aliphatic rings. The van der Waals surface area contributed by atoms with Crippen molar-refractivity contribution in [2.45, 2.75) is 12.6 Å². The third-order valence-corrected chi connectivity index (χ3v) is 3.26. The molecule has 0 saturated carbocycles. The fourth-order valence-electron chi connectivity index (χ4n) is 1.84. The number of benzene rings is 1. The molecule has 6 nitrogen and oxygen atoms in total. The molecule has 116 valence electrons. The average molecular weight is 322 g/mol. The maximum Gasteiger partial charge on any atom is 0.319 e. The van der Waals surface area contributed by atoms with E-state index in [2.05, 4.69) is 10.6 Å². The van der Waals surface area contributed by atoms with Gasteiger partial charge in [-0.2, -0.15) is 0 Å². The van der Waals surface area contributed by atoms with Gasteiger partial charge in [0, 0.05) is 18.8 Å². The van der Waals surface area contributed by atoms with Crippen LogP contribution in [0.1, 0.15) is 0 Å². The smallest absolute Gasteiger partial charge is 0.319 e. The highest BCUT2D eigenvalue weighted by molar-refractivity contribution is 6.33. The van der Waals surface area contributed by atoms with Crippen molar-refractivity contribution in [3.05, 3.63) is 64.0 Å². The minimum absolute atomic E-state index is 0.0115. The summed E-state index contributed by atoms with van der Waals surface area (Å²) in [6, 6.07) is 11.1. The summed E-state index contributed by atoms with van der Waals surface area (Å²) in [7, 11) is 0. The summed E-state index contributed by atoms with van der Waals surface area (Å²) < 4.78 is 1.37. The van der Waals surface area contributed by atoms with Crippen LogP contribution in [0.25, 0.3) is 0 Å². The minimum Gasteiger partial charge on any atom is -0.389 e. The van der Waals surface area contributed by atoms with Gasteiger partial charge in [-0.3, -0.25) is 4.79 Å². The number of amides is 2. The van der Waals surface area contributed by atoms with E-state index in [0.29, 0.717) is 10.7 Å². The first kappa shape index (κ1) is 16.1. The lowest BCUT2D eigenvalue weighted by molar-refractivity contribution is 0.151. The van der Waals surface area contributed by atoms with Gasteiger partial charge < -0.3 is 20.3 Å². The number of anilines is 1. The minimum atomic E-state index is -0.878. The van der Waals surface area contributed by atoms with Crippen LogP contribution < -0.4 is 16.2 Å². The highest BCUT2D eigenvalue weighted by Gasteiger charge is 2.09. The zero-order valence-electron chi connectivity index (χ0n) is 11.7. The van der Waals surface area contributed by atoms with Crippen LogP contribution in [-0.4, -0.2) is 28.4 Å². The van der Waals surface area contributed by atoms with E-state index in [4.69, 9.17) is 11.6 Å². The number of aliphatic hydroxyl groups is 1. The van der Waals surface area contributed by atoms with Crippen molar-refractivity contribution < 1.29 is 9.90 Å². The standard InChI is InChI=1S/C15H16ClN3O3/c16-12-5-1-2-6-13(12)18-15(22)17-9-11(20)10-19-8-4-3-7-14(19)21/h1-8,11,20H,9-10H2,(H2,17,18,22). The number of hydrogen-bond donors (Lipinski definition) is 3. The van der Waals surface area contributed by atoms with Gasteiger partial charge >= 0.3 is 6.03 Å². The molecule has 0 radical (unpaired) electrons. The quantitative estimate of drug-likeness (QED) is 0.783. The zero-order valence-corrected chi connectivity index (χ0v) is 12.5. The number of para-hydroxylation sites is 1. The lowest BCUT2D eigenvalue weighted by Crippen LogP contribution is -2.38. The second-order valence-electron chi connectivity index (χ2n) is 4.66. The van der Waals surface area contributed by atoms with Crippen molar-refractivity contribution in [3.63, 3.8) is 0 Å². The Kier molecular flexibility index (Phi) is 5.57. The molecule has 0 bridgehead atoms. The number of aliphatic hydroxyl groups excluding tert-OH is 1. The Balaban J connectivity index is 1.82. The van der Waals surface area contributed by atoms with Crippen LogP contribution in [0.4, 0.5) is 10.5 Å². The molecule has 1 atom stereocenters. The number of aromatic nitrogens is 1. The largest absolute Gasteiger partial charge is 0.389 e. The van der Waals surface area contributed by atoms with Crippen molar-refractivity contribution in [1.29, 1.82) is 0 Å². The number of carbonyl (C=O) groups excluding carboxylic acids is 1. The predicted octanol–water partition coefficient (Wildman–Crippen LogP) is 1.68. The van der Waals surface area contributed by atoms with E-state index in [-0.39, 0.29) is 18.6 Å². The third kappa shape index (κ3) is 4.61. The molecule has 1 heterocycles. The van der Waals surface area contributed by atoms with Crippen molar-refractivity contribution in [1.82, 2.24) is 9.88 Å².